The summed E-state index contributed by atoms with van der Waals surface area (Å²) in [5.41, 5.74) is 0.577. The lowest BCUT2D eigenvalue weighted by molar-refractivity contribution is -0.144. The first-order chi connectivity index (χ1) is 15.2. The fraction of sp³-hybridized carbons (Fsp3) is 0.640. The molecule has 0 saturated carbocycles. The van der Waals surface area contributed by atoms with Crippen LogP contribution in [0.25, 0.3) is 0 Å². The number of benzene rings is 1. The minimum atomic E-state index is -0.870. The molecular weight excluding hydrogens is 406 g/mol. The molecule has 1 aromatic carbocycles. The van der Waals surface area contributed by atoms with Crippen molar-refractivity contribution in [1.82, 2.24) is 15.1 Å². The van der Waals surface area contributed by atoms with Gasteiger partial charge in [0.05, 0.1) is 6.61 Å². The molecule has 7 nitrogen and oxygen atoms in total. The van der Waals surface area contributed by atoms with Crippen LogP contribution in [0, 0.1) is 12.8 Å². The van der Waals surface area contributed by atoms with E-state index in [0.29, 0.717) is 43.8 Å². The first-order valence-electron chi connectivity index (χ1n) is 11.8. The van der Waals surface area contributed by atoms with E-state index in [1.165, 1.54) is 0 Å². The number of aryl methyl sites for hydroxylation is 1. The molecule has 2 aliphatic rings. The minimum Gasteiger partial charge on any atom is -0.353 e. The average Bonchev–Trinajstić information content (AvgIpc) is 3.12. The number of piperidine rings is 1. The van der Waals surface area contributed by atoms with E-state index in [-0.39, 0.29) is 30.4 Å². The van der Waals surface area contributed by atoms with Crippen molar-refractivity contribution >= 4 is 17.7 Å². The Labute approximate surface area is 191 Å². The molecule has 2 unspecified atom stereocenters. The van der Waals surface area contributed by atoms with Crippen LogP contribution in [0.2, 0.25) is 0 Å². The highest BCUT2D eigenvalue weighted by Crippen LogP contribution is 2.39. The minimum absolute atomic E-state index is 0.0185. The number of hydrogen-bond donors (Lipinski definition) is 1. The smallest absolute Gasteiger partial charge is 0.257 e. The Morgan fingerprint density at radius 1 is 1.16 bits per heavy atom. The molecule has 7 heteroatoms. The molecule has 0 aliphatic carbocycles. The molecule has 2 saturated heterocycles. The lowest BCUT2D eigenvalue weighted by Crippen LogP contribution is -2.60. The van der Waals surface area contributed by atoms with E-state index >= 15 is 0 Å². The van der Waals surface area contributed by atoms with Crippen molar-refractivity contribution in [1.29, 1.82) is 0 Å². The van der Waals surface area contributed by atoms with E-state index in [0.717, 1.165) is 12.0 Å². The van der Waals surface area contributed by atoms with E-state index < -0.39 is 11.8 Å². The molecule has 32 heavy (non-hydrogen) atoms. The second kappa shape index (κ2) is 10.0. The van der Waals surface area contributed by atoms with Crippen LogP contribution >= 0.6 is 0 Å². The summed E-state index contributed by atoms with van der Waals surface area (Å²) in [7, 11) is 0. The Morgan fingerprint density at radius 2 is 1.81 bits per heavy atom. The van der Waals surface area contributed by atoms with Crippen LogP contribution in [0.1, 0.15) is 69.3 Å². The van der Waals surface area contributed by atoms with Crippen molar-refractivity contribution in [2.24, 2.45) is 5.92 Å². The van der Waals surface area contributed by atoms with Crippen molar-refractivity contribution in [2.45, 2.75) is 78.1 Å². The summed E-state index contributed by atoms with van der Waals surface area (Å²) in [5, 5.41) is 3.02. The maximum absolute atomic E-state index is 13.8. The predicted molar refractivity (Wildman–Crippen MR) is 123 cm³/mol. The molecule has 2 heterocycles. The average molecular weight is 444 g/mol. The lowest BCUT2D eigenvalue weighted by atomic mass is 9.95. The normalized spacial score (nSPS) is 21.1. The van der Waals surface area contributed by atoms with Gasteiger partial charge in [0, 0.05) is 44.0 Å². The van der Waals surface area contributed by atoms with Crippen LogP contribution in [-0.2, 0) is 14.3 Å². The van der Waals surface area contributed by atoms with Gasteiger partial charge < -0.3 is 15.0 Å². The van der Waals surface area contributed by atoms with E-state index in [2.05, 4.69) is 5.32 Å². The molecule has 2 atom stereocenters. The Balaban J connectivity index is 1.87. The van der Waals surface area contributed by atoms with E-state index in [1.807, 2.05) is 57.7 Å². The van der Waals surface area contributed by atoms with Gasteiger partial charge in [0.15, 0.2) is 0 Å². The summed E-state index contributed by atoms with van der Waals surface area (Å²) in [4.78, 5) is 43.0. The van der Waals surface area contributed by atoms with Crippen LogP contribution in [0.4, 0.5) is 0 Å². The monoisotopic (exact) mass is 443 g/mol. The fourth-order valence-corrected chi connectivity index (χ4v) is 4.53. The molecular formula is C25H37N3O4. The van der Waals surface area contributed by atoms with Gasteiger partial charge in [0.25, 0.3) is 5.91 Å². The lowest BCUT2D eigenvalue weighted by Gasteiger charge is -2.44. The van der Waals surface area contributed by atoms with Gasteiger partial charge in [-0.2, -0.15) is 0 Å². The zero-order valence-corrected chi connectivity index (χ0v) is 20.0. The second-order valence-electron chi connectivity index (χ2n) is 9.56. The molecule has 2 aliphatic heterocycles. The quantitative estimate of drug-likeness (QED) is 0.733. The van der Waals surface area contributed by atoms with Gasteiger partial charge in [0.2, 0.25) is 11.8 Å². The highest BCUT2D eigenvalue weighted by Gasteiger charge is 2.54. The Morgan fingerprint density at radius 3 is 2.41 bits per heavy atom. The summed E-state index contributed by atoms with van der Waals surface area (Å²) in [6, 6.07) is 6.77. The molecule has 0 bridgehead atoms. The van der Waals surface area contributed by atoms with E-state index in [1.54, 1.807) is 11.0 Å². The number of rotatable bonds is 6. The van der Waals surface area contributed by atoms with Crippen LogP contribution in [0.3, 0.4) is 0 Å². The van der Waals surface area contributed by atoms with Gasteiger partial charge in [-0.15, -0.1) is 0 Å². The largest absolute Gasteiger partial charge is 0.353 e. The van der Waals surface area contributed by atoms with E-state index in [9.17, 15) is 14.4 Å². The summed E-state index contributed by atoms with van der Waals surface area (Å²) < 4.78 is 6.24. The summed E-state index contributed by atoms with van der Waals surface area (Å²) in [6.07, 6.45) is 2.33. The van der Waals surface area contributed by atoms with Gasteiger partial charge in [-0.25, -0.2) is 0 Å². The zero-order valence-electron chi connectivity index (χ0n) is 20.0. The van der Waals surface area contributed by atoms with E-state index in [4.69, 9.17) is 4.74 Å². The number of carbonyl (C=O) groups excluding carboxylic acids is 3. The number of hydrogen-bond acceptors (Lipinski definition) is 4. The number of nitrogens with one attached hydrogen (secondary N) is 1. The summed E-state index contributed by atoms with van der Waals surface area (Å²) in [5.74, 6) is 0.0629. The van der Waals surface area contributed by atoms with Crippen molar-refractivity contribution in [3.05, 3.63) is 35.4 Å². The zero-order chi connectivity index (χ0) is 23.5. The Kier molecular flexibility index (Phi) is 7.59. The fourth-order valence-electron chi connectivity index (χ4n) is 4.53. The molecule has 1 spiro atoms. The van der Waals surface area contributed by atoms with Crippen molar-refractivity contribution in [3.63, 3.8) is 0 Å². The second-order valence-corrected chi connectivity index (χ2v) is 9.56. The maximum Gasteiger partial charge on any atom is 0.257 e. The number of ether oxygens (including phenoxy) is 1. The first kappa shape index (κ1) is 24.2. The van der Waals surface area contributed by atoms with Crippen LogP contribution in [0.15, 0.2) is 24.3 Å². The SMILES string of the molecule is CCC(C)NC(=O)C1COC2(CCN(C(=O)CC(C)C)CC2)N1C(=O)c1ccccc1C. The summed E-state index contributed by atoms with van der Waals surface area (Å²) >= 11 is 0. The number of carbonyl (C=O) groups is 3. The third kappa shape index (κ3) is 4.98. The maximum atomic E-state index is 13.8. The summed E-state index contributed by atoms with van der Waals surface area (Å²) in [6.45, 7) is 11.1. The Hall–Kier alpha value is -2.41. The van der Waals surface area contributed by atoms with Crippen LogP contribution < -0.4 is 5.32 Å². The molecule has 3 amide bonds. The van der Waals surface area contributed by atoms with Gasteiger partial charge in [-0.1, -0.05) is 39.0 Å². The van der Waals surface area contributed by atoms with Crippen LogP contribution in [0.5, 0.6) is 0 Å². The Bertz CT molecular complexity index is 845. The highest BCUT2D eigenvalue weighted by atomic mass is 16.5. The third-order valence-corrected chi connectivity index (χ3v) is 6.64. The molecule has 3 rings (SSSR count). The molecule has 1 N–H and O–H groups in total. The molecule has 1 aromatic rings. The highest BCUT2D eigenvalue weighted by molar-refractivity contribution is 5.99. The molecule has 176 valence electrons. The van der Waals surface area contributed by atoms with Crippen molar-refractivity contribution in [3.8, 4) is 0 Å². The topological polar surface area (TPSA) is 79.0 Å². The molecule has 0 radical (unpaired) electrons. The van der Waals surface area contributed by atoms with Gasteiger partial charge >= 0.3 is 0 Å². The van der Waals surface area contributed by atoms with Gasteiger partial charge in [-0.05, 0) is 37.8 Å². The van der Waals surface area contributed by atoms with Crippen LogP contribution in [-0.4, -0.2) is 65.0 Å². The van der Waals surface area contributed by atoms with Crippen molar-refractivity contribution in [2.75, 3.05) is 19.7 Å². The number of amides is 3. The number of likely N-dealkylation sites (tertiary alicyclic amines) is 1. The molecule has 0 aromatic heterocycles. The van der Waals surface area contributed by atoms with Gasteiger partial charge in [0.1, 0.15) is 11.8 Å². The molecule has 2 fully saturated rings. The predicted octanol–water partition coefficient (Wildman–Crippen LogP) is 3.12. The standard InChI is InChI=1S/C25H37N3O4/c1-6-19(5)26-23(30)21-16-32-25(11-13-27(14-12-25)22(29)15-17(2)3)28(21)24(31)20-10-8-7-9-18(20)4/h7-10,17,19,21H,6,11-16H2,1-5H3,(H,26,30). The first-order valence-corrected chi connectivity index (χ1v) is 11.8. The van der Waals surface area contributed by atoms with Crippen molar-refractivity contribution < 1.29 is 19.1 Å². The third-order valence-electron chi connectivity index (χ3n) is 6.64. The van der Waals surface area contributed by atoms with Gasteiger partial charge in [-0.3, -0.25) is 19.3 Å². The number of nitrogens with zero attached hydrogens (tertiary/aromatic N) is 2.